The van der Waals surface area contributed by atoms with Crippen molar-refractivity contribution >= 4 is 35.0 Å². The Bertz CT molecular complexity index is 1490. The Labute approximate surface area is 224 Å². The van der Waals surface area contributed by atoms with Crippen molar-refractivity contribution in [3.8, 4) is 5.75 Å². The van der Waals surface area contributed by atoms with E-state index in [1.807, 2.05) is 60.7 Å². The normalized spacial score (nSPS) is 12.8. The lowest BCUT2D eigenvalue weighted by molar-refractivity contribution is -0.118. The fourth-order valence-corrected chi connectivity index (χ4v) is 4.47. The first-order valence-electron chi connectivity index (χ1n) is 12.2. The zero-order valence-electron chi connectivity index (χ0n) is 21.0. The van der Waals surface area contributed by atoms with Gasteiger partial charge in [0.2, 0.25) is 11.8 Å². The molecule has 1 aliphatic heterocycles. The summed E-state index contributed by atoms with van der Waals surface area (Å²) in [5.74, 6) is -2.42. The van der Waals surface area contributed by atoms with Crippen LogP contribution >= 0.6 is 0 Å². The van der Waals surface area contributed by atoms with Gasteiger partial charge >= 0.3 is 5.97 Å². The van der Waals surface area contributed by atoms with E-state index in [1.54, 1.807) is 0 Å². The number of pyridine rings is 1. The van der Waals surface area contributed by atoms with Crippen LogP contribution in [0.2, 0.25) is 0 Å². The lowest BCUT2D eigenvalue weighted by Crippen LogP contribution is -2.27. The number of nitrogens with one attached hydrogen (secondary N) is 1. The van der Waals surface area contributed by atoms with Crippen LogP contribution in [0.3, 0.4) is 0 Å². The van der Waals surface area contributed by atoms with Gasteiger partial charge in [0.05, 0.1) is 49.2 Å². The van der Waals surface area contributed by atoms with Crippen molar-refractivity contribution in [1.82, 2.24) is 4.98 Å². The summed E-state index contributed by atoms with van der Waals surface area (Å²) >= 11 is 0. The minimum atomic E-state index is -0.747. The van der Waals surface area contributed by atoms with E-state index in [1.165, 1.54) is 36.4 Å². The molecule has 4 aromatic rings. The predicted molar refractivity (Wildman–Crippen MR) is 143 cm³/mol. The zero-order valence-corrected chi connectivity index (χ0v) is 21.0. The Morgan fingerprint density at radius 1 is 1.00 bits per heavy atom. The lowest BCUT2D eigenvalue weighted by atomic mass is 9.90. The number of rotatable bonds is 6. The smallest absolute Gasteiger partial charge is 0.340 e. The van der Waals surface area contributed by atoms with Crippen LogP contribution in [0.4, 0.5) is 21.6 Å². The van der Waals surface area contributed by atoms with Crippen LogP contribution in [0.25, 0.3) is 0 Å². The first-order chi connectivity index (χ1) is 19.0. The lowest BCUT2D eigenvalue weighted by Gasteiger charge is -2.23. The van der Waals surface area contributed by atoms with E-state index in [2.05, 4.69) is 10.3 Å². The summed E-state index contributed by atoms with van der Waals surface area (Å²) in [7, 11) is 1.21. The number of amides is 2. The number of nitrogens with zero attached hydrogens (tertiary/aromatic N) is 2. The highest BCUT2D eigenvalue weighted by atomic mass is 19.1. The number of esters is 1. The third-order valence-corrected chi connectivity index (χ3v) is 6.29. The second-order valence-electron chi connectivity index (χ2n) is 8.76. The molecule has 0 saturated carbocycles. The van der Waals surface area contributed by atoms with Crippen LogP contribution in [0.15, 0.2) is 91.1 Å². The number of aromatic nitrogens is 1. The molecule has 0 fully saturated rings. The van der Waals surface area contributed by atoms with Crippen molar-refractivity contribution in [3.63, 3.8) is 0 Å². The number of ether oxygens (including phenoxy) is 2. The predicted octanol–water partition coefficient (Wildman–Crippen LogP) is 5.23. The van der Waals surface area contributed by atoms with E-state index in [0.717, 1.165) is 17.2 Å². The summed E-state index contributed by atoms with van der Waals surface area (Å²) in [5.41, 5.74) is 1.77. The van der Waals surface area contributed by atoms with Gasteiger partial charge in [-0.15, -0.1) is 0 Å². The average Bonchev–Trinajstić information content (AvgIpc) is 3.11. The molecule has 0 aliphatic carbocycles. The topological polar surface area (TPSA) is 97.8 Å². The van der Waals surface area contributed by atoms with Crippen LogP contribution in [0, 0.1) is 5.82 Å². The maximum absolute atomic E-state index is 14.1. The molecule has 1 aliphatic rings. The van der Waals surface area contributed by atoms with Crippen molar-refractivity contribution in [1.29, 1.82) is 0 Å². The number of halogens is 1. The van der Waals surface area contributed by atoms with Gasteiger partial charge in [-0.1, -0.05) is 60.7 Å². The van der Waals surface area contributed by atoms with Gasteiger partial charge in [0.1, 0.15) is 17.4 Å². The van der Waals surface area contributed by atoms with Gasteiger partial charge in [-0.2, -0.15) is 0 Å². The Kier molecular flexibility index (Phi) is 7.31. The number of hydrogen-bond acceptors (Lipinski definition) is 6. The van der Waals surface area contributed by atoms with Crippen LogP contribution in [-0.2, 0) is 14.3 Å². The number of carbonyl (C=O) groups is 3. The summed E-state index contributed by atoms with van der Waals surface area (Å²) in [6.45, 7) is 0.103. The molecule has 8 nitrogen and oxygen atoms in total. The molecule has 1 N–H and O–H groups in total. The summed E-state index contributed by atoms with van der Waals surface area (Å²) in [4.78, 5) is 45.0. The summed E-state index contributed by atoms with van der Waals surface area (Å²) in [6.07, 6.45) is 1.30. The Balaban J connectivity index is 1.54. The Hall–Kier alpha value is -5.05. The Morgan fingerprint density at radius 3 is 2.31 bits per heavy atom. The van der Waals surface area contributed by atoms with E-state index in [9.17, 15) is 18.8 Å². The molecule has 0 bridgehead atoms. The molecule has 9 heteroatoms. The number of benzene rings is 3. The first-order valence-corrected chi connectivity index (χ1v) is 12.2. The number of methoxy groups -OCH3 is 1. The highest BCUT2D eigenvalue weighted by Crippen LogP contribution is 2.37. The SMILES string of the molecule is COC(=O)c1cc(N2C(=O)CCOc3ccc(F)cc32)ncc1NC(=O)C(c1ccccc1)c1ccccc1. The van der Waals surface area contributed by atoms with E-state index in [0.29, 0.717) is 5.75 Å². The molecule has 3 aromatic carbocycles. The fraction of sp³-hybridized carbons (Fsp3) is 0.133. The molecular weight excluding hydrogens is 501 g/mol. The number of hydrogen-bond donors (Lipinski definition) is 1. The van der Waals surface area contributed by atoms with Crippen molar-refractivity contribution in [2.45, 2.75) is 12.3 Å². The van der Waals surface area contributed by atoms with Crippen molar-refractivity contribution in [2.75, 3.05) is 23.9 Å². The van der Waals surface area contributed by atoms with E-state index in [-0.39, 0.29) is 35.8 Å². The van der Waals surface area contributed by atoms with Gasteiger partial charge in [0, 0.05) is 6.07 Å². The van der Waals surface area contributed by atoms with Crippen molar-refractivity contribution < 1.29 is 28.2 Å². The van der Waals surface area contributed by atoms with E-state index in [4.69, 9.17) is 9.47 Å². The molecule has 5 rings (SSSR count). The van der Waals surface area contributed by atoms with Gasteiger partial charge in [0.25, 0.3) is 0 Å². The second kappa shape index (κ2) is 11.1. The monoisotopic (exact) mass is 525 g/mol. The van der Waals surface area contributed by atoms with Crippen LogP contribution in [0.1, 0.15) is 33.8 Å². The van der Waals surface area contributed by atoms with Gasteiger partial charge in [0.15, 0.2) is 0 Å². The Morgan fingerprint density at radius 2 is 1.67 bits per heavy atom. The van der Waals surface area contributed by atoms with Crippen molar-refractivity contribution in [3.05, 3.63) is 114 Å². The highest BCUT2D eigenvalue weighted by molar-refractivity contribution is 6.06. The standard InChI is InChI=1S/C30H24FN3O5/c1-38-30(37)22-17-26(34-24-16-21(31)12-13-25(24)39-15-14-27(34)35)32-18-23(22)33-29(36)28(19-8-4-2-5-9-19)20-10-6-3-7-11-20/h2-13,16-18,28H,14-15H2,1H3,(H,33,36). The minimum absolute atomic E-state index is 0.0137. The third-order valence-electron chi connectivity index (χ3n) is 6.29. The fourth-order valence-electron chi connectivity index (χ4n) is 4.47. The molecule has 0 radical (unpaired) electrons. The highest BCUT2D eigenvalue weighted by Gasteiger charge is 2.29. The average molecular weight is 526 g/mol. The molecule has 196 valence electrons. The molecule has 0 atom stereocenters. The second-order valence-corrected chi connectivity index (χ2v) is 8.76. The van der Waals surface area contributed by atoms with E-state index < -0.39 is 29.5 Å². The van der Waals surface area contributed by atoms with Gasteiger partial charge in [-0.05, 0) is 29.3 Å². The van der Waals surface area contributed by atoms with Gasteiger partial charge in [-0.3, -0.25) is 14.5 Å². The van der Waals surface area contributed by atoms with Gasteiger partial charge in [-0.25, -0.2) is 14.2 Å². The molecule has 0 unspecified atom stereocenters. The third kappa shape index (κ3) is 5.33. The summed E-state index contributed by atoms with van der Waals surface area (Å²) in [6, 6.07) is 23.7. The van der Waals surface area contributed by atoms with Crippen LogP contribution < -0.4 is 15.0 Å². The van der Waals surface area contributed by atoms with Crippen molar-refractivity contribution in [2.24, 2.45) is 0 Å². The molecule has 1 aromatic heterocycles. The molecule has 0 spiro atoms. The minimum Gasteiger partial charge on any atom is -0.491 e. The number of carbonyl (C=O) groups excluding carboxylic acids is 3. The van der Waals surface area contributed by atoms with Crippen LogP contribution in [-0.4, -0.2) is 36.5 Å². The largest absolute Gasteiger partial charge is 0.491 e. The first kappa shape index (κ1) is 25.6. The zero-order chi connectivity index (χ0) is 27.4. The maximum Gasteiger partial charge on any atom is 0.340 e. The van der Waals surface area contributed by atoms with E-state index >= 15 is 0 Å². The molecule has 2 amide bonds. The number of fused-ring (bicyclic) bond motifs is 1. The molecule has 0 saturated heterocycles. The quantitative estimate of drug-likeness (QED) is 0.347. The molecule has 39 heavy (non-hydrogen) atoms. The van der Waals surface area contributed by atoms with Gasteiger partial charge < -0.3 is 14.8 Å². The van der Waals surface area contributed by atoms with Crippen LogP contribution in [0.5, 0.6) is 5.75 Å². The molecular formula is C30H24FN3O5. The summed E-state index contributed by atoms with van der Waals surface area (Å²) < 4.78 is 24.7. The number of anilines is 3. The molecule has 2 heterocycles. The maximum atomic E-state index is 14.1. The summed E-state index contributed by atoms with van der Waals surface area (Å²) in [5, 5.41) is 2.81.